The first-order valence-electron chi connectivity index (χ1n) is 9.77. The summed E-state index contributed by atoms with van der Waals surface area (Å²) in [6, 6.07) is 8.67. The Morgan fingerprint density at radius 2 is 2.03 bits per heavy atom. The van der Waals surface area contributed by atoms with Crippen molar-refractivity contribution in [2.24, 2.45) is 0 Å². The van der Waals surface area contributed by atoms with Gasteiger partial charge >= 0.3 is 6.18 Å². The number of amides is 1. The predicted molar refractivity (Wildman–Crippen MR) is 107 cm³/mol. The molecule has 1 aliphatic heterocycles. The quantitative estimate of drug-likeness (QED) is 0.630. The summed E-state index contributed by atoms with van der Waals surface area (Å²) in [7, 11) is 1.55. The van der Waals surface area contributed by atoms with Crippen molar-refractivity contribution in [1.29, 1.82) is 0 Å². The number of hydrogen-bond donors (Lipinski definition) is 0. The lowest BCUT2D eigenvalue weighted by molar-refractivity contribution is -0.137. The summed E-state index contributed by atoms with van der Waals surface area (Å²) in [4.78, 5) is 18.0. The first-order valence-corrected chi connectivity index (χ1v) is 9.77. The Balaban J connectivity index is 1.81. The van der Waals surface area contributed by atoms with Crippen LogP contribution in [-0.4, -0.2) is 39.2 Å². The molecule has 0 unspecified atom stereocenters. The molecule has 2 aromatic heterocycles. The van der Waals surface area contributed by atoms with E-state index in [1.54, 1.807) is 41.1 Å². The molecule has 0 saturated heterocycles. The number of methoxy groups -OCH3 is 1. The molecular weight excluding hydrogens is 409 g/mol. The van der Waals surface area contributed by atoms with Gasteiger partial charge in [0.25, 0.3) is 0 Å². The second kappa shape index (κ2) is 8.05. The average Bonchev–Trinajstić information content (AvgIpc) is 3.11. The number of aromatic nitrogens is 3. The van der Waals surface area contributed by atoms with Crippen molar-refractivity contribution in [3.63, 3.8) is 0 Å². The molecule has 0 atom stereocenters. The summed E-state index contributed by atoms with van der Waals surface area (Å²) in [6.07, 6.45) is -2.25. The van der Waals surface area contributed by atoms with Crippen molar-refractivity contribution in [3.05, 3.63) is 65.1 Å². The molecule has 162 valence electrons. The Bertz CT molecular complexity index is 1120. The van der Waals surface area contributed by atoms with Gasteiger partial charge in [-0.2, -0.15) is 18.3 Å². The fourth-order valence-electron chi connectivity index (χ4n) is 3.83. The fourth-order valence-corrected chi connectivity index (χ4v) is 3.83. The van der Waals surface area contributed by atoms with Crippen LogP contribution in [0.1, 0.15) is 29.4 Å². The van der Waals surface area contributed by atoms with Crippen LogP contribution in [0.5, 0.6) is 5.75 Å². The van der Waals surface area contributed by atoms with E-state index in [2.05, 4.69) is 10.1 Å². The van der Waals surface area contributed by atoms with Gasteiger partial charge in [-0.25, -0.2) is 0 Å². The Hall–Kier alpha value is -3.36. The molecule has 6 nitrogen and oxygen atoms in total. The van der Waals surface area contributed by atoms with Gasteiger partial charge in [-0.1, -0.05) is 12.1 Å². The van der Waals surface area contributed by atoms with Crippen LogP contribution < -0.4 is 4.74 Å². The maximum absolute atomic E-state index is 13.3. The van der Waals surface area contributed by atoms with Crippen molar-refractivity contribution in [2.75, 3.05) is 13.7 Å². The van der Waals surface area contributed by atoms with E-state index >= 15 is 0 Å². The highest BCUT2D eigenvalue weighted by molar-refractivity contribution is 5.74. The molecule has 3 heterocycles. The zero-order chi connectivity index (χ0) is 22.2. The van der Waals surface area contributed by atoms with E-state index < -0.39 is 11.7 Å². The summed E-state index contributed by atoms with van der Waals surface area (Å²) in [6.45, 7) is 2.62. The number of hydrogen-bond acceptors (Lipinski definition) is 4. The molecule has 0 N–H and O–H groups in total. The second-order valence-electron chi connectivity index (χ2n) is 7.35. The zero-order valence-electron chi connectivity index (χ0n) is 17.1. The molecule has 0 saturated carbocycles. The maximum Gasteiger partial charge on any atom is 0.416 e. The SMILES string of the molecule is COc1cccnc1Cn1nc(-c2cccc(C(F)(F)F)c2)c2c1CCN(C(C)=O)C2. The number of carbonyl (C=O) groups excluding carboxylic acids is 1. The van der Waals surface area contributed by atoms with E-state index in [-0.39, 0.29) is 5.91 Å². The van der Waals surface area contributed by atoms with Gasteiger partial charge < -0.3 is 9.64 Å². The van der Waals surface area contributed by atoms with Crippen LogP contribution in [-0.2, 0) is 30.5 Å². The third kappa shape index (κ3) is 4.12. The van der Waals surface area contributed by atoms with E-state index in [0.717, 1.165) is 23.4 Å². The number of rotatable bonds is 4. The Labute approximate surface area is 177 Å². The zero-order valence-corrected chi connectivity index (χ0v) is 17.1. The summed E-state index contributed by atoms with van der Waals surface area (Å²) < 4.78 is 46.9. The first-order chi connectivity index (χ1) is 14.8. The number of halogens is 3. The third-order valence-corrected chi connectivity index (χ3v) is 5.41. The molecule has 9 heteroatoms. The molecule has 0 bridgehead atoms. The van der Waals surface area contributed by atoms with Gasteiger partial charge in [0, 0.05) is 49.5 Å². The van der Waals surface area contributed by atoms with Crippen molar-refractivity contribution in [2.45, 2.75) is 32.6 Å². The monoisotopic (exact) mass is 430 g/mol. The van der Waals surface area contributed by atoms with E-state index in [1.807, 2.05) is 0 Å². The molecule has 0 spiro atoms. The lowest BCUT2D eigenvalue weighted by atomic mass is 9.99. The highest BCUT2D eigenvalue weighted by Gasteiger charge is 2.32. The topological polar surface area (TPSA) is 60.2 Å². The highest BCUT2D eigenvalue weighted by atomic mass is 19.4. The third-order valence-electron chi connectivity index (χ3n) is 5.41. The van der Waals surface area contributed by atoms with Gasteiger partial charge in [0.2, 0.25) is 5.91 Å². The Kier molecular flexibility index (Phi) is 5.43. The molecule has 0 aliphatic carbocycles. The van der Waals surface area contributed by atoms with Crippen LogP contribution in [0.4, 0.5) is 13.2 Å². The molecule has 0 fully saturated rings. The molecule has 1 aromatic carbocycles. The molecular formula is C22H21F3N4O2. The van der Waals surface area contributed by atoms with Gasteiger partial charge in [0.05, 0.1) is 24.9 Å². The number of carbonyl (C=O) groups is 1. The van der Waals surface area contributed by atoms with Crippen LogP contribution in [0.15, 0.2) is 42.6 Å². The Morgan fingerprint density at radius 1 is 1.23 bits per heavy atom. The van der Waals surface area contributed by atoms with Crippen LogP contribution >= 0.6 is 0 Å². The number of benzene rings is 1. The van der Waals surface area contributed by atoms with Crippen LogP contribution in [0.25, 0.3) is 11.3 Å². The van der Waals surface area contributed by atoms with Gasteiger partial charge in [-0.05, 0) is 24.3 Å². The summed E-state index contributed by atoms with van der Waals surface area (Å²) in [5.41, 5.74) is 2.39. The minimum Gasteiger partial charge on any atom is -0.495 e. The van der Waals surface area contributed by atoms with Crippen LogP contribution in [0, 0.1) is 0 Å². The van der Waals surface area contributed by atoms with Gasteiger partial charge in [-0.3, -0.25) is 14.5 Å². The molecule has 1 aliphatic rings. The van der Waals surface area contributed by atoms with Gasteiger partial charge in [0.1, 0.15) is 11.4 Å². The molecule has 3 aromatic rings. The fraction of sp³-hybridized carbons (Fsp3) is 0.318. The van der Waals surface area contributed by atoms with Crippen LogP contribution in [0.2, 0.25) is 0 Å². The minimum absolute atomic E-state index is 0.0835. The summed E-state index contributed by atoms with van der Waals surface area (Å²) in [5.74, 6) is 0.522. The maximum atomic E-state index is 13.3. The number of ether oxygens (including phenoxy) is 1. The van der Waals surface area contributed by atoms with Crippen molar-refractivity contribution >= 4 is 5.91 Å². The molecule has 1 amide bonds. The lowest BCUT2D eigenvalue weighted by Gasteiger charge is -2.27. The Morgan fingerprint density at radius 3 is 2.74 bits per heavy atom. The normalized spacial score (nSPS) is 13.8. The van der Waals surface area contributed by atoms with Gasteiger partial charge in [0.15, 0.2) is 0 Å². The van der Waals surface area contributed by atoms with E-state index in [1.165, 1.54) is 13.0 Å². The standard InChI is InChI=1S/C22H21F3N4O2/c1-14(30)28-10-8-19-17(12-28)21(15-5-3-6-16(11-15)22(23,24)25)27-29(19)13-18-20(31-2)7-4-9-26-18/h3-7,9,11H,8,10,12-13H2,1-2H3. The molecule has 31 heavy (non-hydrogen) atoms. The summed E-state index contributed by atoms with van der Waals surface area (Å²) >= 11 is 0. The van der Waals surface area contributed by atoms with E-state index in [9.17, 15) is 18.0 Å². The van der Waals surface area contributed by atoms with Crippen molar-refractivity contribution in [1.82, 2.24) is 19.7 Å². The molecule has 4 rings (SSSR count). The number of fused-ring (bicyclic) bond motifs is 1. The smallest absolute Gasteiger partial charge is 0.416 e. The molecule has 0 radical (unpaired) electrons. The van der Waals surface area contributed by atoms with Crippen molar-refractivity contribution < 1.29 is 22.7 Å². The second-order valence-corrected chi connectivity index (χ2v) is 7.35. The number of pyridine rings is 1. The van der Waals surface area contributed by atoms with E-state index in [4.69, 9.17) is 4.74 Å². The predicted octanol–water partition coefficient (Wildman–Crippen LogP) is 3.93. The number of alkyl halides is 3. The largest absolute Gasteiger partial charge is 0.495 e. The minimum atomic E-state index is -4.45. The van der Waals surface area contributed by atoms with Crippen LogP contribution in [0.3, 0.4) is 0 Å². The van der Waals surface area contributed by atoms with Gasteiger partial charge in [-0.15, -0.1) is 0 Å². The lowest BCUT2D eigenvalue weighted by Crippen LogP contribution is -2.34. The first kappa shape index (κ1) is 20.9. The highest BCUT2D eigenvalue weighted by Crippen LogP contribution is 2.35. The average molecular weight is 430 g/mol. The summed E-state index contributed by atoms with van der Waals surface area (Å²) in [5, 5.41) is 4.67. The van der Waals surface area contributed by atoms with E-state index in [0.29, 0.717) is 48.8 Å². The van der Waals surface area contributed by atoms with Crippen molar-refractivity contribution in [3.8, 4) is 17.0 Å². The number of nitrogens with zero attached hydrogens (tertiary/aromatic N) is 4.